The van der Waals surface area contributed by atoms with Crippen LogP contribution in [0.1, 0.15) is 13.3 Å². The van der Waals surface area contributed by atoms with E-state index in [4.69, 9.17) is 5.11 Å². The van der Waals surface area contributed by atoms with Gasteiger partial charge in [0.25, 0.3) is 0 Å². The molecule has 5 nitrogen and oxygen atoms in total. The molecule has 13 heavy (non-hydrogen) atoms. The van der Waals surface area contributed by atoms with Crippen molar-refractivity contribution in [1.29, 1.82) is 0 Å². The lowest BCUT2D eigenvalue weighted by molar-refractivity contribution is 0.240. The molecular formula is C8H19N3O2. The van der Waals surface area contributed by atoms with Crippen LogP contribution >= 0.6 is 0 Å². The lowest BCUT2D eigenvalue weighted by Crippen LogP contribution is -2.33. The SMILES string of the molecule is CC=NC.CNC(=O)NCCCO. The number of hydrogen-bond donors (Lipinski definition) is 3. The van der Waals surface area contributed by atoms with Gasteiger partial charge in [-0.15, -0.1) is 0 Å². The standard InChI is InChI=1S/C5H12N2O2.C3H7N/c1-6-5(9)7-3-2-4-8;1-3-4-2/h8H,2-4H2,1H3,(H2,6,7,9);3H,1-2H3. The minimum Gasteiger partial charge on any atom is -0.396 e. The molecule has 0 radical (unpaired) electrons. The molecule has 0 atom stereocenters. The molecule has 0 spiro atoms. The van der Waals surface area contributed by atoms with Gasteiger partial charge < -0.3 is 20.7 Å². The highest BCUT2D eigenvalue weighted by Gasteiger charge is 1.91. The van der Waals surface area contributed by atoms with E-state index >= 15 is 0 Å². The van der Waals surface area contributed by atoms with E-state index in [1.165, 1.54) is 0 Å². The highest BCUT2D eigenvalue weighted by Crippen LogP contribution is 1.70. The second-order valence-electron chi connectivity index (χ2n) is 2.10. The van der Waals surface area contributed by atoms with Gasteiger partial charge in [0.2, 0.25) is 0 Å². The summed E-state index contributed by atoms with van der Waals surface area (Å²) < 4.78 is 0. The van der Waals surface area contributed by atoms with Crippen LogP contribution < -0.4 is 10.6 Å². The Hall–Kier alpha value is -1.10. The van der Waals surface area contributed by atoms with Crippen LogP contribution in [0.3, 0.4) is 0 Å². The first-order chi connectivity index (χ1) is 6.22. The van der Waals surface area contributed by atoms with Crippen molar-refractivity contribution in [2.75, 3.05) is 27.2 Å². The summed E-state index contributed by atoms with van der Waals surface area (Å²) in [4.78, 5) is 14.0. The van der Waals surface area contributed by atoms with Gasteiger partial charge in [0.15, 0.2) is 0 Å². The van der Waals surface area contributed by atoms with Gasteiger partial charge in [-0.3, -0.25) is 0 Å². The third-order valence-corrected chi connectivity index (χ3v) is 1.11. The summed E-state index contributed by atoms with van der Waals surface area (Å²) in [6.07, 6.45) is 2.35. The third-order valence-electron chi connectivity index (χ3n) is 1.11. The third kappa shape index (κ3) is 18.1. The molecule has 0 saturated heterocycles. The van der Waals surface area contributed by atoms with Gasteiger partial charge in [0.1, 0.15) is 0 Å². The molecule has 0 heterocycles. The predicted molar refractivity (Wildman–Crippen MR) is 54.3 cm³/mol. The summed E-state index contributed by atoms with van der Waals surface area (Å²) in [5.74, 6) is 0. The average Bonchev–Trinajstić information content (AvgIpc) is 2.18. The van der Waals surface area contributed by atoms with Crippen LogP contribution in [0.4, 0.5) is 4.79 Å². The van der Waals surface area contributed by atoms with E-state index in [1.54, 1.807) is 20.3 Å². The molecule has 0 fully saturated rings. The zero-order valence-electron chi connectivity index (χ0n) is 8.50. The molecule has 0 aliphatic heterocycles. The number of aliphatic hydroxyl groups excluding tert-OH is 1. The number of aliphatic imine (C=N–C) groups is 1. The summed E-state index contributed by atoms with van der Waals surface area (Å²) in [5.41, 5.74) is 0. The van der Waals surface area contributed by atoms with Crippen molar-refractivity contribution in [2.45, 2.75) is 13.3 Å². The van der Waals surface area contributed by atoms with Gasteiger partial charge in [-0.1, -0.05) is 0 Å². The number of aliphatic hydroxyl groups is 1. The second-order valence-corrected chi connectivity index (χ2v) is 2.10. The zero-order valence-corrected chi connectivity index (χ0v) is 8.50. The lowest BCUT2D eigenvalue weighted by Gasteiger charge is -2.00. The highest BCUT2D eigenvalue weighted by molar-refractivity contribution is 5.73. The molecule has 2 amide bonds. The Labute approximate surface area is 79.3 Å². The average molecular weight is 189 g/mol. The van der Waals surface area contributed by atoms with Crippen LogP contribution in [0.5, 0.6) is 0 Å². The van der Waals surface area contributed by atoms with Crippen molar-refractivity contribution in [1.82, 2.24) is 10.6 Å². The zero-order chi connectivity index (χ0) is 10.5. The fraction of sp³-hybridized carbons (Fsp3) is 0.750. The molecule has 0 aromatic rings. The maximum atomic E-state index is 10.4. The smallest absolute Gasteiger partial charge is 0.314 e. The second kappa shape index (κ2) is 13.5. The number of nitrogens with one attached hydrogen (secondary N) is 2. The normalized spacial score (nSPS) is 8.92. The van der Waals surface area contributed by atoms with Crippen LogP contribution in [0.2, 0.25) is 0 Å². The first kappa shape index (κ1) is 14.4. The number of carbonyl (C=O) groups is 1. The largest absolute Gasteiger partial charge is 0.396 e. The minimum atomic E-state index is -0.205. The molecular weight excluding hydrogens is 170 g/mol. The summed E-state index contributed by atoms with van der Waals surface area (Å²) in [5, 5.41) is 13.2. The Bertz CT molecular complexity index is 133. The highest BCUT2D eigenvalue weighted by atomic mass is 16.3. The van der Waals surface area contributed by atoms with Gasteiger partial charge in [0, 0.05) is 27.2 Å². The van der Waals surface area contributed by atoms with Gasteiger partial charge in [0.05, 0.1) is 0 Å². The number of nitrogens with zero attached hydrogens (tertiary/aromatic N) is 1. The van der Waals surface area contributed by atoms with Crippen molar-refractivity contribution in [2.24, 2.45) is 4.99 Å². The molecule has 0 bridgehead atoms. The summed E-state index contributed by atoms with van der Waals surface area (Å²) >= 11 is 0. The molecule has 0 saturated carbocycles. The van der Waals surface area contributed by atoms with Gasteiger partial charge in [-0.25, -0.2) is 4.79 Å². The predicted octanol–water partition coefficient (Wildman–Crippen LogP) is 0.00470. The Balaban J connectivity index is 0. The van der Waals surface area contributed by atoms with E-state index in [1.807, 2.05) is 6.92 Å². The Kier molecular flexibility index (Phi) is 15.0. The maximum Gasteiger partial charge on any atom is 0.314 e. The number of urea groups is 1. The number of rotatable bonds is 3. The fourth-order valence-electron chi connectivity index (χ4n) is 0.369. The molecule has 0 aromatic carbocycles. The van der Waals surface area contributed by atoms with Gasteiger partial charge >= 0.3 is 6.03 Å². The van der Waals surface area contributed by atoms with Crippen molar-refractivity contribution in [3.05, 3.63) is 0 Å². The number of carbonyl (C=O) groups excluding carboxylic acids is 1. The minimum absolute atomic E-state index is 0.115. The van der Waals surface area contributed by atoms with E-state index in [2.05, 4.69) is 15.6 Å². The van der Waals surface area contributed by atoms with Gasteiger partial charge in [-0.05, 0) is 19.6 Å². The summed E-state index contributed by atoms with van der Waals surface area (Å²) in [6, 6.07) is -0.205. The van der Waals surface area contributed by atoms with Crippen molar-refractivity contribution in [3.8, 4) is 0 Å². The van der Waals surface area contributed by atoms with Crippen molar-refractivity contribution < 1.29 is 9.90 Å². The molecule has 0 aliphatic carbocycles. The molecule has 0 unspecified atom stereocenters. The van der Waals surface area contributed by atoms with Crippen molar-refractivity contribution in [3.63, 3.8) is 0 Å². The monoisotopic (exact) mass is 189 g/mol. The van der Waals surface area contributed by atoms with Crippen LogP contribution in [0.25, 0.3) is 0 Å². The molecule has 0 aromatic heterocycles. The lowest BCUT2D eigenvalue weighted by atomic mass is 10.4. The first-order valence-corrected chi connectivity index (χ1v) is 4.16. The quantitative estimate of drug-likeness (QED) is 0.432. The van der Waals surface area contributed by atoms with E-state index in [-0.39, 0.29) is 12.6 Å². The Morgan fingerprint density at radius 2 is 2.15 bits per heavy atom. The van der Waals surface area contributed by atoms with E-state index < -0.39 is 0 Å². The van der Waals surface area contributed by atoms with E-state index in [0.717, 1.165) is 0 Å². The maximum absolute atomic E-state index is 10.4. The van der Waals surface area contributed by atoms with Crippen LogP contribution in [0, 0.1) is 0 Å². The van der Waals surface area contributed by atoms with Crippen molar-refractivity contribution >= 4 is 12.2 Å². The van der Waals surface area contributed by atoms with E-state index in [0.29, 0.717) is 13.0 Å². The van der Waals surface area contributed by atoms with E-state index in [9.17, 15) is 4.79 Å². The fourth-order valence-corrected chi connectivity index (χ4v) is 0.369. The first-order valence-electron chi connectivity index (χ1n) is 4.16. The molecule has 0 aliphatic rings. The number of hydrogen-bond acceptors (Lipinski definition) is 3. The number of amides is 2. The van der Waals surface area contributed by atoms with Crippen LogP contribution in [0.15, 0.2) is 4.99 Å². The molecule has 3 N–H and O–H groups in total. The summed E-state index contributed by atoms with van der Waals surface area (Å²) in [7, 11) is 3.30. The van der Waals surface area contributed by atoms with Crippen LogP contribution in [-0.2, 0) is 0 Å². The van der Waals surface area contributed by atoms with Gasteiger partial charge in [-0.2, -0.15) is 0 Å². The molecule has 5 heteroatoms. The molecule has 0 rings (SSSR count). The Morgan fingerprint density at radius 1 is 1.62 bits per heavy atom. The van der Waals surface area contributed by atoms with Crippen LogP contribution in [-0.4, -0.2) is 44.6 Å². The molecule has 78 valence electrons. The topological polar surface area (TPSA) is 73.7 Å². The summed E-state index contributed by atoms with van der Waals surface area (Å²) in [6.45, 7) is 2.53. The Morgan fingerprint density at radius 3 is 2.46 bits per heavy atom.